The monoisotopic (exact) mass is 420 g/mol. The Morgan fingerprint density at radius 3 is 2.63 bits per heavy atom. The van der Waals surface area contributed by atoms with Crippen LogP contribution in [0.1, 0.15) is 21.4 Å². The number of nitrogens with zero attached hydrogens (tertiary/aromatic N) is 1. The summed E-state index contributed by atoms with van der Waals surface area (Å²) in [6.07, 6.45) is 1.07. The second kappa shape index (κ2) is 7.73. The molecule has 0 fully saturated rings. The first kappa shape index (κ1) is 18.6. The summed E-state index contributed by atoms with van der Waals surface area (Å²) < 4.78 is 28.5. The molecule has 0 radical (unpaired) electrons. The molecule has 3 heterocycles. The lowest BCUT2D eigenvalue weighted by Gasteiger charge is -2.35. The van der Waals surface area contributed by atoms with Crippen molar-refractivity contribution in [2.75, 3.05) is 19.7 Å². The fourth-order valence-corrected chi connectivity index (χ4v) is 5.69. The maximum atomic E-state index is 11.3. The molecule has 0 aliphatic carbocycles. The number of ether oxygens (including phenoxy) is 1. The van der Waals surface area contributed by atoms with E-state index >= 15 is 0 Å². The molecule has 3 aromatic rings. The van der Waals surface area contributed by atoms with E-state index in [1.165, 1.54) is 27.5 Å². The number of hydrogen-bond donors (Lipinski definition) is 1. The smallest absolute Gasteiger partial charge is 0.238 e. The van der Waals surface area contributed by atoms with Gasteiger partial charge in [-0.25, -0.2) is 13.6 Å². The average Bonchev–Trinajstić information content (AvgIpc) is 3.33. The third-order valence-corrected chi connectivity index (χ3v) is 7.53. The summed E-state index contributed by atoms with van der Waals surface area (Å²) in [4.78, 5) is 5.38. The summed E-state index contributed by atoms with van der Waals surface area (Å²) in [6.45, 7) is 2.34. The van der Waals surface area contributed by atoms with Gasteiger partial charge in [0.1, 0.15) is 12.4 Å². The summed E-state index contributed by atoms with van der Waals surface area (Å²) in [5.74, 6) is 0.642. The van der Waals surface area contributed by atoms with Gasteiger partial charge >= 0.3 is 0 Å². The number of fused-ring (bicyclic) bond motifs is 1. The third kappa shape index (κ3) is 4.09. The summed E-state index contributed by atoms with van der Waals surface area (Å²) in [6, 6.07) is 13.0. The first-order chi connectivity index (χ1) is 13.0. The van der Waals surface area contributed by atoms with E-state index in [0.717, 1.165) is 19.5 Å². The first-order valence-electron chi connectivity index (χ1n) is 8.62. The zero-order valence-electron chi connectivity index (χ0n) is 14.6. The van der Waals surface area contributed by atoms with Crippen molar-refractivity contribution in [1.82, 2.24) is 4.90 Å². The fourth-order valence-electron chi connectivity index (χ4n) is 3.40. The summed E-state index contributed by atoms with van der Waals surface area (Å²) in [5, 5.41) is 9.42. The molecule has 1 atom stereocenters. The SMILES string of the molecule is NS(=O)(=O)c1ccc(OCCN2CCc3sccc3C2c2cccs2)cc1. The molecule has 5 nitrogen and oxygen atoms in total. The first-order valence-corrected chi connectivity index (χ1v) is 11.9. The lowest BCUT2D eigenvalue weighted by atomic mass is 9.98. The summed E-state index contributed by atoms with van der Waals surface area (Å²) in [7, 11) is -3.67. The molecule has 2 N–H and O–H groups in total. The van der Waals surface area contributed by atoms with E-state index in [1.54, 1.807) is 23.5 Å². The van der Waals surface area contributed by atoms with Crippen LogP contribution in [0, 0.1) is 0 Å². The fraction of sp³-hybridized carbons (Fsp3) is 0.263. The molecular weight excluding hydrogens is 400 g/mol. The number of sulfonamides is 1. The van der Waals surface area contributed by atoms with Gasteiger partial charge in [-0.15, -0.1) is 22.7 Å². The van der Waals surface area contributed by atoms with Crippen LogP contribution in [0.15, 0.2) is 58.1 Å². The normalized spacial score (nSPS) is 17.6. The second-order valence-corrected chi connectivity index (χ2v) is 9.91. The molecule has 27 heavy (non-hydrogen) atoms. The van der Waals surface area contributed by atoms with Crippen molar-refractivity contribution >= 4 is 32.7 Å². The Morgan fingerprint density at radius 1 is 1.11 bits per heavy atom. The van der Waals surface area contributed by atoms with Crippen LogP contribution in [0.3, 0.4) is 0 Å². The number of benzene rings is 1. The molecule has 1 aliphatic rings. The largest absolute Gasteiger partial charge is 0.492 e. The molecule has 8 heteroatoms. The standard InChI is InChI=1S/C19H20N2O3S3/c20-27(22,23)15-5-3-14(4-6-15)24-11-10-21-9-7-17-16(8-13-26-17)19(21)18-2-1-12-25-18/h1-6,8,12-13,19H,7,9-11H2,(H2,20,22,23). The van der Waals surface area contributed by atoms with Crippen molar-refractivity contribution in [3.05, 3.63) is 68.5 Å². The maximum Gasteiger partial charge on any atom is 0.238 e. The Hall–Kier alpha value is -1.71. The average molecular weight is 421 g/mol. The molecule has 0 saturated heterocycles. The lowest BCUT2D eigenvalue weighted by molar-refractivity contribution is 0.173. The Balaban J connectivity index is 1.43. The lowest BCUT2D eigenvalue weighted by Crippen LogP contribution is -2.37. The van der Waals surface area contributed by atoms with E-state index in [-0.39, 0.29) is 10.9 Å². The van der Waals surface area contributed by atoms with Gasteiger partial charge in [-0.1, -0.05) is 6.07 Å². The van der Waals surface area contributed by atoms with Crippen LogP contribution < -0.4 is 9.88 Å². The minimum absolute atomic E-state index is 0.0913. The minimum atomic E-state index is -3.67. The molecule has 1 unspecified atom stereocenters. The van der Waals surface area contributed by atoms with E-state index in [4.69, 9.17) is 9.88 Å². The molecule has 2 aromatic heterocycles. The van der Waals surface area contributed by atoms with Crippen LogP contribution in [0.5, 0.6) is 5.75 Å². The Morgan fingerprint density at radius 2 is 1.93 bits per heavy atom. The molecule has 1 aliphatic heterocycles. The highest BCUT2D eigenvalue weighted by Gasteiger charge is 2.30. The molecule has 1 aromatic carbocycles. The van der Waals surface area contributed by atoms with E-state index in [1.807, 2.05) is 11.3 Å². The van der Waals surface area contributed by atoms with Crippen LogP contribution in [0.4, 0.5) is 0 Å². The molecule has 0 spiro atoms. The summed E-state index contributed by atoms with van der Waals surface area (Å²) >= 11 is 3.63. The molecule has 0 bridgehead atoms. The van der Waals surface area contributed by atoms with E-state index in [2.05, 4.69) is 33.9 Å². The second-order valence-electron chi connectivity index (χ2n) is 6.37. The van der Waals surface area contributed by atoms with Crippen molar-refractivity contribution in [1.29, 1.82) is 0 Å². The third-order valence-electron chi connectivity index (χ3n) is 4.68. The van der Waals surface area contributed by atoms with Crippen molar-refractivity contribution in [2.24, 2.45) is 5.14 Å². The number of hydrogen-bond acceptors (Lipinski definition) is 6. The Labute approximate surface area is 167 Å². The van der Waals surface area contributed by atoms with Crippen LogP contribution in [0.2, 0.25) is 0 Å². The van der Waals surface area contributed by atoms with Crippen LogP contribution >= 0.6 is 22.7 Å². The summed E-state index contributed by atoms with van der Waals surface area (Å²) in [5.41, 5.74) is 1.41. The maximum absolute atomic E-state index is 11.3. The van der Waals surface area contributed by atoms with Gasteiger partial charge in [-0.05, 0) is 59.1 Å². The van der Waals surface area contributed by atoms with Crippen molar-refractivity contribution in [3.8, 4) is 5.75 Å². The number of nitrogens with two attached hydrogens (primary N) is 1. The van der Waals surface area contributed by atoms with Gasteiger partial charge < -0.3 is 4.74 Å². The van der Waals surface area contributed by atoms with E-state index < -0.39 is 10.0 Å². The Kier molecular flexibility index (Phi) is 5.34. The molecule has 142 valence electrons. The van der Waals surface area contributed by atoms with Gasteiger partial charge in [0, 0.05) is 22.8 Å². The van der Waals surface area contributed by atoms with Crippen molar-refractivity contribution < 1.29 is 13.2 Å². The highest BCUT2D eigenvalue weighted by atomic mass is 32.2. The van der Waals surface area contributed by atoms with E-state index in [0.29, 0.717) is 12.4 Å². The quantitative estimate of drug-likeness (QED) is 0.663. The highest BCUT2D eigenvalue weighted by molar-refractivity contribution is 7.89. The van der Waals surface area contributed by atoms with Gasteiger partial charge in [0.2, 0.25) is 10.0 Å². The number of primary sulfonamides is 1. The molecule has 0 amide bonds. The topological polar surface area (TPSA) is 72.6 Å². The van der Waals surface area contributed by atoms with Crippen molar-refractivity contribution in [2.45, 2.75) is 17.4 Å². The van der Waals surface area contributed by atoms with Gasteiger partial charge in [0.15, 0.2) is 0 Å². The number of rotatable bonds is 6. The minimum Gasteiger partial charge on any atom is -0.492 e. The molecule has 0 saturated carbocycles. The number of thiophene rings is 2. The van der Waals surface area contributed by atoms with Crippen LogP contribution in [0.25, 0.3) is 0 Å². The predicted octanol–water partition coefficient (Wildman–Crippen LogP) is 3.48. The zero-order chi connectivity index (χ0) is 18.9. The van der Waals surface area contributed by atoms with Gasteiger partial charge in [-0.2, -0.15) is 0 Å². The highest BCUT2D eigenvalue weighted by Crippen LogP contribution is 2.39. The zero-order valence-corrected chi connectivity index (χ0v) is 17.0. The predicted molar refractivity (Wildman–Crippen MR) is 109 cm³/mol. The van der Waals surface area contributed by atoms with E-state index in [9.17, 15) is 8.42 Å². The van der Waals surface area contributed by atoms with Crippen LogP contribution in [-0.2, 0) is 16.4 Å². The Bertz CT molecular complexity index is 995. The van der Waals surface area contributed by atoms with Gasteiger partial charge in [0.05, 0.1) is 10.9 Å². The van der Waals surface area contributed by atoms with Crippen LogP contribution in [-0.4, -0.2) is 33.0 Å². The molecular formula is C19H20N2O3S3. The van der Waals surface area contributed by atoms with Crippen molar-refractivity contribution in [3.63, 3.8) is 0 Å². The molecule has 4 rings (SSSR count). The van der Waals surface area contributed by atoms with Gasteiger partial charge in [0.25, 0.3) is 0 Å². The van der Waals surface area contributed by atoms with Gasteiger partial charge in [-0.3, -0.25) is 4.90 Å².